The molecule has 232 valence electrons. The van der Waals surface area contributed by atoms with Crippen LogP contribution in [-0.4, -0.2) is 52.3 Å². The van der Waals surface area contributed by atoms with Gasteiger partial charge in [0.2, 0.25) is 5.70 Å². The quantitative estimate of drug-likeness (QED) is 0.348. The van der Waals surface area contributed by atoms with Gasteiger partial charge in [-0.2, -0.15) is 0 Å². The van der Waals surface area contributed by atoms with Gasteiger partial charge < -0.3 is 20.1 Å². The van der Waals surface area contributed by atoms with Gasteiger partial charge in [0.05, 0.1) is 18.6 Å². The molecule has 7 nitrogen and oxygen atoms in total. The van der Waals surface area contributed by atoms with Crippen LogP contribution < -0.4 is 5.32 Å². The molecule has 43 heavy (non-hydrogen) atoms. The minimum atomic E-state index is -0.682. The van der Waals surface area contributed by atoms with E-state index in [1.54, 1.807) is 0 Å². The number of amides is 2. The number of nitrogens with zero attached hydrogens (tertiary/aromatic N) is 2. The second-order valence-electron chi connectivity index (χ2n) is 16.6. The van der Waals surface area contributed by atoms with Crippen molar-refractivity contribution in [2.75, 3.05) is 13.1 Å². The summed E-state index contributed by atoms with van der Waals surface area (Å²) in [4.78, 5) is 47.1. The minimum absolute atomic E-state index is 0.0138. The van der Waals surface area contributed by atoms with Crippen molar-refractivity contribution in [2.24, 2.45) is 33.0 Å². The highest BCUT2D eigenvalue weighted by Crippen LogP contribution is 2.74. The average molecular weight is 588 g/mol. The molecule has 5 atom stereocenters. The van der Waals surface area contributed by atoms with E-state index in [4.69, 9.17) is 6.57 Å². The van der Waals surface area contributed by atoms with Gasteiger partial charge in [0.25, 0.3) is 0 Å². The van der Waals surface area contributed by atoms with Crippen LogP contribution >= 0.6 is 0 Å². The number of rotatable bonds is 1. The van der Waals surface area contributed by atoms with Gasteiger partial charge in [-0.25, -0.2) is 9.64 Å². The SMILES string of the molecule is [C-]#[N+]C1=C[C@]2(C)C3=CC(=O)[C]4[C]5CC(C)(C)CC[C@]5(NC(=O)N5CCC(O)CC5)CC[C@@]4(C)[C@]3(C)CC[C@H]2C(C)(C)C1=O. The number of ketones is 2. The maximum atomic E-state index is 14.6. The van der Waals surface area contributed by atoms with E-state index < -0.39 is 21.8 Å². The van der Waals surface area contributed by atoms with Crippen LogP contribution in [0.25, 0.3) is 4.85 Å². The second kappa shape index (κ2) is 9.52. The van der Waals surface area contributed by atoms with E-state index in [1.165, 1.54) is 0 Å². The Morgan fingerprint density at radius 1 is 0.953 bits per heavy atom. The molecule has 2 radical (unpaired) electrons. The number of carbonyl (C=O) groups is 3. The lowest BCUT2D eigenvalue weighted by atomic mass is 9.35. The van der Waals surface area contributed by atoms with Crippen LogP contribution in [0, 0.1) is 51.4 Å². The highest BCUT2D eigenvalue weighted by Gasteiger charge is 2.70. The van der Waals surface area contributed by atoms with Crippen LogP contribution in [0.1, 0.15) is 106 Å². The molecule has 1 heterocycles. The zero-order chi connectivity index (χ0) is 31.4. The first-order chi connectivity index (χ1) is 19.9. The summed E-state index contributed by atoms with van der Waals surface area (Å²) in [7, 11) is 0. The van der Waals surface area contributed by atoms with E-state index in [0.29, 0.717) is 25.9 Å². The molecule has 2 N–H and O–H groups in total. The fraction of sp³-hybridized carbons (Fsp3) is 0.722. The second-order valence-corrected chi connectivity index (χ2v) is 16.6. The van der Waals surface area contributed by atoms with Crippen LogP contribution in [0.4, 0.5) is 4.79 Å². The smallest absolute Gasteiger partial charge is 0.317 e. The van der Waals surface area contributed by atoms with Crippen LogP contribution in [0.3, 0.4) is 0 Å². The Labute approximate surface area is 257 Å². The van der Waals surface area contributed by atoms with Gasteiger partial charge in [0, 0.05) is 35.4 Å². The van der Waals surface area contributed by atoms with Crippen molar-refractivity contribution in [3.05, 3.63) is 46.7 Å². The molecule has 4 fully saturated rings. The molecule has 6 rings (SSSR count). The first-order valence-corrected chi connectivity index (χ1v) is 16.4. The normalized spacial score (nSPS) is 41.1. The number of aliphatic hydroxyl groups is 1. The third-order valence-corrected chi connectivity index (χ3v) is 13.3. The standard InChI is InChI=1S/C36H49N3O4/c1-31(2)13-15-36(38-30(43)39-17-10-22(40)11-18-39)16-14-35(7)28(23(36)20-31)25(41)19-27-33(5)21-24(37-8)29(42)32(3,4)26(33)9-12-34(27,35)6/h19,21-22,26,40H,9-18,20H2,1-7H3,(H,38,43)/t26-,33-,34+,35+,36-/m0/s1. The third kappa shape index (κ3) is 4.17. The maximum absolute atomic E-state index is 14.6. The molecule has 7 heteroatoms. The Hall–Kier alpha value is -2.46. The van der Waals surface area contributed by atoms with E-state index >= 15 is 0 Å². The number of aliphatic hydroxyl groups excluding tert-OH is 1. The topological polar surface area (TPSA) is 91.1 Å². The van der Waals surface area contributed by atoms with Gasteiger partial charge in [-0.1, -0.05) is 60.1 Å². The summed E-state index contributed by atoms with van der Waals surface area (Å²) in [6.45, 7) is 24.1. The molecular formula is C36H49N3O4. The Balaban J connectivity index is 1.43. The number of nitrogens with one attached hydrogen (secondary N) is 1. The summed E-state index contributed by atoms with van der Waals surface area (Å²) < 4.78 is 0. The van der Waals surface area contributed by atoms with Crippen molar-refractivity contribution in [3.8, 4) is 0 Å². The van der Waals surface area contributed by atoms with Crippen molar-refractivity contribution in [2.45, 2.75) is 118 Å². The molecule has 1 saturated heterocycles. The third-order valence-electron chi connectivity index (χ3n) is 13.3. The molecule has 2 amide bonds. The Bertz CT molecular complexity index is 1360. The van der Waals surface area contributed by atoms with Gasteiger partial charge in [0.1, 0.15) is 0 Å². The van der Waals surface area contributed by atoms with Gasteiger partial charge >= 0.3 is 6.03 Å². The van der Waals surface area contributed by atoms with Crippen molar-refractivity contribution in [3.63, 3.8) is 0 Å². The number of hydrogen-bond donors (Lipinski definition) is 2. The summed E-state index contributed by atoms with van der Waals surface area (Å²) in [5.74, 6) is 1.98. The summed E-state index contributed by atoms with van der Waals surface area (Å²) in [6.07, 6.45) is 10.5. The van der Waals surface area contributed by atoms with Crippen LogP contribution in [0.15, 0.2) is 23.4 Å². The lowest BCUT2D eigenvalue weighted by Crippen LogP contribution is -2.69. The minimum Gasteiger partial charge on any atom is -0.393 e. The van der Waals surface area contributed by atoms with Crippen molar-refractivity contribution in [1.82, 2.24) is 10.2 Å². The molecule has 1 aliphatic heterocycles. The van der Waals surface area contributed by atoms with Crippen LogP contribution in [-0.2, 0) is 9.59 Å². The number of likely N-dealkylation sites (tertiary alicyclic amines) is 1. The van der Waals surface area contributed by atoms with E-state index in [9.17, 15) is 19.5 Å². The Kier molecular flexibility index (Phi) is 6.77. The van der Waals surface area contributed by atoms with E-state index in [-0.39, 0.29) is 46.1 Å². The number of Topliss-reactive ketones (excluding diaryl/α,β-unsaturated/α-hetero) is 1. The Morgan fingerprint density at radius 2 is 1.60 bits per heavy atom. The van der Waals surface area contributed by atoms with Crippen LogP contribution in [0.2, 0.25) is 0 Å². The predicted octanol–water partition coefficient (Wildman–Crippen LogP) is 6.39. The largest absolute Gasteiger partial charge is 0.393 e. The molecule has 0 bridgehead atoms. The molecule has 0 aromatic carbocycles. The first-order valence-electron chi connectivity index (χ1n) is 16.4. The summed E-state index contributed by atoms with van der Waals surface area (Å²) in [5, 5.41) is 13.5. The summed E-state index contributed by atoms with van der Waals surface area (Å²) >= 11 is 0. The molecule has 3 saturated carbocycles. The number of allylic oxidation sites excluding steroid dienone is 4. The molecule has 0 unspecified atom stereocenters. The van der Waals surface area contributed by atoms with E-state index in [1.807, 2.05) is 30.9 Å². The molecule has 0 spiro atoms. The number of carbonyl (C=O) groups excluding carboxylic acids is 3. The fourth-order valence-electron chi connectivity index (χ4n) is 10.4. The Morgan fingerprint density at radius 3 is 2.26 bits per heavy atom. The van der Waals surface area contributed by atoms with Crippen molar-refractivity contribution < 1.29 is 19.5 Å². The predicted molar refractivity (Wildman–Crippen MR) is 165 cm³/mol. The fourth-order valence-corrected chi connectivity index (χ4v) is 10.4. The summed E-state index contributed by atoms with van der Waals surface area (Å²) in [5.41, 5.74) is -1.26. The first kappa shape index (κ1) is 30.6. The molecule has 6 aliphatic rings. The number of fused-ring (bicyclic) bond motifs is 7. The number of urea groups is 1. The van der Waals surface area contributed by atoms with Crippen LogP contribution in [0.5, 0.6) is 0 Å². The van der Waals surface area contributed by atoms with Gasteiger partial charge in [0.15, 0.2) is 11.6 Å². The molecule has 5 aliphatic carbocycles. The molecule has 0 aromatic rings. The van der Waals surface area contributed by atoms with Gasteiger partial charge in [-0.15, -0.1) is 0 Å². The molecule has 0 aromatic heterocycles. The highest BCUT2D eigenvalue weighted by atomic mass is 16.3. The molecular weight excluding hydrogens is 538 g/mol. The lowest BCUT2D eigenvalue weighted by molar-refractivity contribution is -0.133. The highest BCUT2D eigenvalue weighted by molar-refractivity contribution is 6.08. The lowest BCUT2D eigenvalue weighted by Gasteiger charge is -2.69. The van der Waals surface area contributed by atoms with E-state index in [0.717, 1.165) is 62.4 Å². The zero-order valence-corrected chi connectivity index (χ0v) is 27.2. The van der Waals surface area contributed by atoms with E-state index in [2.05, 4.69) is 44.8 Å². The van der Waals surface area contributed by atoms with Crippen molar-refractivity contribution >= 4 is 17.6 Å². The average Bonchev–Trinajstić information content (AvgIpc) is 2.93. The van der Waals surface area contributed by atoms with Gasteiger partial charge in [-0.3, -0.25) is 4.79 Å². The monoisotopic (exact) mass is 587 g/mol. The summed E-state index contributed by atoms with van der Waals surface area (Å²) in [6, 6.07) is -0.0852. The number of hydrogen-bond acceptors (Lipinski definition) is 4. The van der Waals surface area contributed by atoms with Crippen molar-refractivity contribution in [1.29, 1.82) is 0 Å². The van der Waals surface area contributed by atoms with Gasteiger partial charge in [-0.05, 0) is 86.0 Å². The number of piperidine rings is 1. The zero-order valence-electron chi connectivity index (χ0n) is 27.2. The maximum Gasteiger partial charge on any atom is 0.317 e.